The molecule has 0 fully saturated rings. The van der Waals surface area contributed by atoms with Gasteiger partial charge in [-0.15, -0.1) is 10.2 Å². The molecule has 5 nitrogen and oxygen atoms in total. The second-order valence-electron chi connectivity index (χ2n) is 3.28. The lowest BCUT2D eigenvalue weighted by molar-refractivity contribution is 0.567. The molecule has 88 valence electrons. The van der Waals surface area contributed by atoms with Crippen LogP contribution in [0.1, 0.15) is 13.3 Å². The lowest BCUT2D eigenvalue weighted by Crippen LogP contribution is -1.99. The summed E-state index contributed by atoms with van der Waals surface area (Å²) in [6, 6.07) is 5.80. The van der Waals surface area contributed by atoms with Crippen LogP contribution < -0.4 is 0 Å². The van der Waals surface area contributed by atoms with Gasteiger partial charge in [-0.3, -0.25) is 4.57 Å². The van der Waals surface area contributed by atoms with Crippen molar-refractivity contribution in [2.45, 2.75) is 25.0 Å². The summed E-state index contributed by atoms with van der Waals surface area (Å²) in [5.41, 5.74) is 0. The van der Waals surface area contributed by atoms with Crippen molar-refractivity contribution in [3.63, 3.8) is 0 Å². The number of rotatable bonds is 5. The Labute approximate surface area is 103 Å². The van der Waals surface area contributed by atoms with Crippen molar-refractivity contribution in [2.24, 2.45) is 0 Å². The van der Waals surface area contributed by atoms with Gasteiger partial charge in [-0.1, -0.05) is 11.8 Å². The van der Waals surface area contributed by atoms with E-state index < -0.39 is 0 Å². The Bertz CT molecular complexity index is 512. The monoisotopic (exact) mass is 248 g/mol. The maximum Gasteiger partial charge on any atom is 0.200 e. The summed E-state index contributed by atoms with van der Waals surface area (Å²) in [6.45, 7) is 2.81. The zero-order valence-corrected chi connectivity index (χ0v) is 10.3. The van der Waals surface area contributed by atoms with Crippen LogP contribution in [-0.2, 0) is 6.54 Å². The largest absolute Gasteiger partial charge is 0.461 e. The molecule has 0 saturated carbocycles. The fraction of sp³-hybridized carbons (Fsp3) is 0.364. The number of hydrogen-bond donors (Lipinski definition) is 0. The van der Waals surface area contributed by atoms with Gasteiger partial charge in [-0.2, -0.15) is 5.26 Å². The van der Waals surface area contributed by atoms with Gasteiger partial charge in [0.1, 0.15) is 0 Å². The van der Waals surface area contributed by atoms with Gasteiger partial charge >= 0.3 is 0 Å². The highest BCUT2D eigenvalue weighted by molar-refractivity contribution is 7.99. The standard InChI is InChI=1S/C11H12N4OS/c1-2-15-10(9-5-3-7-16-9)13-14-11(15)17-8-4-6-12/h3,5,7H,2,4,8H2,1H3. The fourth-order valence-electron chi connectivity index (χ4n) is 1.46. The lowest BCUT2D eigenvalue weighted by Gasteiger charge is -2.04. The topological polar surface area (TPSA) is 67.6 Å². The third kappa shape index (κ3) is 2.50. The molecule has 0 aliphatic carbocycles. The van der Waals surface area contributed by atoms with Crippen LogP contribution in [0, 0.1) is 11.3 Å². The Balaban J connectivity index is 2.22. The number of nitriles is 1. The van der Waals surface area contributed by atoms with Gasteiger partial charge < -0.3 is 4.42 Å². The first-order chi connectivity index (χ1) is 8.36. The molecule has 2 heterocycles. The smallest absolute Gasteiger partial charge is 0.200 e. The van der Waals surface area contributed by atoms with Gasteiger partial charge in [0.25, 0.3) is 0 Å². The van der Waals surface area contributed by atoms with Crippen molar-refractivity contribution in [1.82, 2.24) is 14.8 Å². The molecule has 0 aromatic carbocycles. The SMILES string of the molecule is CCn1c(SCCC#N)nnc1-c1ccco1. The van der Waals surface area contributed by atoms with Crippen molar-refractivity contribution < 1.29 is 4.42 Å². The van der Waals surface area contributed by atoms with Gasteiger partial charge in [0, 0.05) is 18.7 Å². The fourth-order valence-corrected chi connectivity index (χ4v) is 2.30. The van der Waals surface area contributed by atoms with Crippen LogP contribution in [0.25, 0.3) is 11.6 Å². The highest BCUT2D eigenvalue weighted by Crippen LogP contribution is 2.24. The summed E-state index contributed by atoms with van der Waals surface area (Å²) < 4.78 is 7.30. The quantitative estimate of drug-likeness (QED) is 0.601. The van der Waals surface area contributed by atoms with E-state index in [0.717, 1.165) is 23.3 Å². The molecule has 0 radical (unpaired) electrons. The van der Waals surface area contributed by atoms with Crippen LogP contribution in [0.3, 0.4) is 0 Å². The van der Waals surface area contributed by atoms with Crippen molar-refractivity contribution in [1.29, 1.82) is 5.26 Å². The second kappa shape index (κ2) is 5.55. The van der Waals surface area contributed by atoms with E-state index in [2.05, 4.69) is 16.3 Å². The van der Waals surface area contributed by atoms with E-state index in [0.29, 0.717) is 12.2 Å². The van der Waals surface area contributed by atoms with Gasteiger partial charge in [0.15, 0.2) is 16.7 Å². The molecule has 0 aliphatic heterocycles. The zero-order valence-electron chi connectivity index (χ0n) is 9.46. The molecule has 0 aliphatic rings. The Morgan fingerprint density at radius 2 is 2.41 bits per heavy atom. The van der Waals surface area contributed by atoms with Crippen molar-refractivity contribution in [3.8, 4) is 17.7 Å². The summed E-state index contributed by atoms with van der Waals surface area (Å²) >= 11 is 1.54. The van der Waals surface area contributed by atoms with Crippen molar-refractivity contribution >= 4 is 11.8 Å². The maximum atomic E-state index is 8.51. The Hall–Kier alpha value is -1.74. The third-order valence-electron chi connectivity index (χ3n) is 2.22. The molecule has 2 aromatic heterocycles. The van der Waals surface area contributed by atoms with Crippen molar-refractivity contribution in [2.75, 3.05) is 5.75 Å². The first-order valence-electron chi connectivity index (χ1n) is 5.33. The first-order valence-corrected chi connectivity index (χ1v) is 6.32. The van der Waals surface area contributed by atoms with Crippen LogP contribution in [0.4, 0.5) is 0 Å². The van der Waals surface area contributed by atoms with E-state index in [1.807, 2.05) is 23.6 Å². The third-order valence-corrected chi connectivity index (χ3v) is 3.19. The Kier molecular flexibility index (Phi) is 3.83. The van der Waals surface area contributed by atoms with Crippen molar-refractivity contribution in [3.05, 3.63) is 18.4 Å². The summed E-state index contributed by atoms with van der Waals surface area (Å²) in [4.78, 5) is 0. The number of aromatic nitrogens is 3. The molecule has 2 aromatic rings. The van der Waals surface area contributed by atoms with Gasteiger partial charge in [0.05, 0.1) is 12.3 Å². The van der Waals surface area contributed by atoms with Gasteiger partial charge in [-0.05, 0) is 19.1 Å². The van der Waals surface area contributed by atoms with E-state index in [1.165, 1.54) is 11.8 Å². The van der Waals surface area contributed by atoms with Gasteiger partial charge in [0.2, 0.25) is 0 Å². The number of thioether (sulfide) groups is 1. The summed E-state index contributed by atoms with van der Waals surface area (Å²) in [7, 11) is 0. The van der Waals surface area contributed by atoms with Crippen LogP contribution in [0.2, 0.25) is 0 Å². The second-order valence-corrected chi connectivity index (χ2v) is 4.35. The molecule has 0 N–H and O–H groups in total. The minimum Gasteiger partial charge on any atom is -0.461 e. The molecule has 0 saturated heterocycles. The minimum absolute atomic E-state index is 0.511. The number of furan rings is 1. The summed E-state index contributed by atoms with van der Waals surface area (Å²) in [5.74, 6) is 2.18. The normalized spacial score (nSPS) is 10.4. The lowest BCUT2D eigenvalue weighted by atomic mass is 10.4. The minimum atomic E-state index is 0.511. The van der Waals surface area contributed by atoms with Crippen LogP contribution >= 0.6 is 11.8 Å². The molecule has 17 heavy (non-hydrogen) atoms. The number of nitrogens with zero attached hydrogens (tertiary/aromatic N) is 4. The molecule has 0 atom stereocenters. The first kappa shape index (κ1) is 11.7. The predicted molar refractivity (Wildman–Crippen MR) is 64.4 cm³/mol. The van der Waals surface area contributed by atoms with E-state index in [1.54, 1.807) is 6.26 Å². The average molecular weight is 248 g/mol. The average Bonchev–Trinajstić information content (AvgIpc) is 2.97. The molecule has 6 heteroatoms. The van der Waals surface area contributed by atoms with Gasteiger partial charge in [-0.25, -0.2) is 0 Å². The highest BCUT2D eigenvalue weighted by Gasteiger charge is 2.14. The van der Waals surface area contributed by atoms with E-state index in [4.69, 9.17) is 9.68 Å². The number of hydrogen-bond acceptors (Lipinski definition) is 5. The van der Waals surface area contributed by atoms with Crippen LogP contribution in [0.15, 0.2) is 28.0 Å². The Morgan fingerprint density at radius 1 is 1.53 bits per heavy atom. The Morgan fingerprint density at radius 3 is 3.06 bits per heavy atom. The summed E-state index contributed by atoms with van der Waals surface area (Å²) in [6.07, 6.45) is 2.13. The molecular formula is C11H12N4OS. The van der Waals surface area contributed by atoms with Crippen LogP contribution in [0.5, 0.6) is 0 Å². The molecule has 0 spiro atoms. The zero-order chi connectivity index (χ0) is 12.1. The van der Waals surface area contributed by atoms with E-state index in [-0.39, 0.29) is 0 Å². The van der Waals surface area contributed by atoms with E-state index in [9.17, 15) is 0 Å². The molecular weight excluding hydrogens is 236 g/mol. The molecule has 2 rings (SSSR count). The van der Waals surface area contributed by atoms with Crippen LogP contribution in [-0.4, -0.2) is 20.5 Å². The maximum absolute atomic E-state index is 8.51. The molecule has 0 unspecified atom stereocenters. The molecule has 0 amide bonds. The highest BCUT2D eigenvalue weighted by atomic mass is 32.2. The molecule has 0 bridgehead atoms. The van der Waals surface area contributed by atoms with E-state index >= 15 is 0 Å². The summed E-state index contributed by atoms with van der Waals surface area (Å²) in [5, 5.41) is 17.6. The predicted octanol–water partition coefficient (Wildman–Crippen LogP) is 2.56.